The first kappa shape index (κ1) is 23.2. The molecule has 2 heterocycles. The smallest absolute Gasteiger partial charge is 0.372 e. The molecule has 1 aliphatic rings. The number of aromatic nitrogens is 1. The molecule has 0 spiro atoms. The molecule has 5 rings (SSSR count). The first-order valence-corrected chi connectivity index (χ1v) is 11.5. The van der Waals surface area contributed by atoms with E-state index < -0.39 is 11.7 Å². The highest BCUT2D eigenvalue weighted by molar-refractivity contribution is 5.96. The third kappa shape index (κ3) is 4.56. The van der Waals surface area contributed by atoms with E-state index in [4.69, 9.17) is 4.74 Å². The van der Waals surface area contributed by atoms with Crippen molar-refractivity contribution in [3.63, 3.8) is 0 Å². The Hall–Kier alpha value is -3.58. The van der Waals surface area contributed by atoms with Crippen LogP contribution in [0.25, 0.3) is 27.6 Å². The topological polar surface area (TPSA) is 34.5 Å². The van der Waals surface area contributed by atoms with Crippen LogP contribution >= 0.6 is 0 Å². The number of pyridine rings is 1. The van der Waals surface area contributed by atoms with Gasteiger partial charge in [0.25, 0.3) is 5.56 Å². The van der Waals surface area contributed by atoms with Gasteiger partial charge >= 0.3 is 6.18 Å². The molecule has 1 aliphatic heterocycles. The van der Waals surface area contributed by atoms with Gasteiger partial charge < -0.3 is 9.64 Å². The van der Waals surface area contributed by atoms with Crippen molar-refractivity contribution in [2.75, 3.05) is 18.0 Å². The molecule has 1 fully saturated rings. The highest BCUT2D eigenvalue weighted by Crippen LogP contribution is 2.33. The number of morpholine rings is 1. The zero-order chi connectivity index (χ0) is 24.7. The lowest BCUT2D eigenvalue weighted by Crippen LogP contribution is -2.45. The molecule has 0 aliphatic carbocycles. The fourth-order valence-corrected chi connectivity index (χ4v) is 4.78. The first-order valence-electron chi connectivity index (χ1n) is 11.5. The fourth-order valence-electron chi connectivity index (χ4n) is 4.78. The van der Waals surface area contributed by atoms with Crippen LogP contribution in [0.4, 0.5) is 18.9 Å². The monoisotopic (exact) mass is 478 g/mol. The normalized spacial score (nSPS) is 18.7. The second kappa shape index (κ2) is 8.89. The highest BCUT2D eigenvalue weighted by Gasteiger charge is 2.30. The van der Waals surface area contributed by atoms with E-state index in [0.29, 0.717) is 21.9 Å². The molecule has 0 saturated carbocycles. The minimum absolute atomic E-state index is 0.153. The molecule has 1 aromatic heterocycles. The van der Waals surface area contributed by atoms with Gasteiger partial charge in [-0.05, 0) is 78.9 Å². The number of ether oxygens (including phenoxy) is 1. The highest BCUT2D eigenvalue weighted by atomic mass is 19.4. The van der Waals surface area contributed by atoms with Crippen molar-refractivity contribution < 1.29 is 17.9 Å². The second-order valence-electron chi connectivity index (χ2n) is 9.01. The quantitative estimate of drug-likeness (QED) is 0.347. The van der Waals surface area contributed by atoms with Crippen LogP contribution < -0.4 is 10.5 Å². The number of benzene rings is 3. The van der Waals surface area contributed by atoms with Crippen LogP contribution in [0.1, 0.15) is 19.4 Å². The molecular weight excluding hydrogens is 453 g/mol. The molecular formula is C28H25F3N2O2. The Morgan fingerprint density at radius 1 is 0.800 bits per heavy atom. The van der Waals surface area contributed by atoms with E-state index in [0.717, 1.165) is 36.6 Å². The van der Waals surface area contributed by atoms with Crippen LogP contribution in [0.3, 0.4) is 0 Å². The number of halogens is 3. The van der Waals surface area contributed by atoms with Crippen LogP contribution in [0.2, 0.25) is 0 Å². The van der Waals surface area contributed by atoms with Gasteiger partial charge in [0.05, 0.1) is 17.8 Å². The van der Waals surface area contributed by atoms with Crippen molar-refractivity contribution in [2.24, 2.45) is 0 Å². The molecule has 4 aromatic rings. The molecule has 0 bridgehead atoms. The largest absolute Gasteiger partial charge is 0.416 e. The summed E-state index contributed by atoms with van der Waals surface area (Å²) < 4.78 is 46.2. The Kier molecular flexibility index (Phi) is 5.89. The Labute approximate surface area is 201 Å². The van der Waals surface area contributed by atoms with Crippen molar-refractivity contribution in [3.8, 4) is 16.8 Å². The van der Waals surface area contributed by atoms with Crippen molar-refractivity contribution >= 4 is 16.5 Å². The SMILES string of the molecule is C[C@@H]1CN(c2ccc(-n3ccc4c(-c5ccc(C(F)(F)F)cc5)cccc4c3=O)cc2)C[C@H](C)O1. The molecule has 3 aromatic carbocycles. The van der Waals surface area contributed by atoms with E-state index in [1.165, 1.54) is 12.1 Å². The van der Waals surface area contributed by atoms with Gasteiger partial charge in [-0.1, -0.05) is 24.3 Å². The molecule has 180 valence electrons. The van der Waals surface area contributed by atoms with Gasteiger partial charge in [-0.2, -0.15) is 13.2 Å². The third-order valence-electron chi connectivity index (χ3n) is 6.38. The minimum Gasteiger partial charge on any atom is -0.372 e. The van der Waals surface area contributed by atoms with Crippen LogP contribution in [0, 0.1) is 0 Å². The molecule has 0 unspecified atom stereocenters. The Morgan fingerprint density at radius 2 is 1.43 bits per heavy atom. The van der Waals surface area contributed by atoms with E-state index in [1.807, 2.05) is 36.4 Å². The molecule has 4 nitrogen and oxygen atoms in total. The first-order chi connectivity index (χ1) is 16.7. The molecule has 35 heavy (non-hydrogen) atoms. The predicted molar refractivity (Wildman–Crippen MR) is 132 cm³/mol. The van der Waals surface area contributed by atoms with Crippen LogP contribution in [0.15, 0.2) is 83.8 Å². The maximum Gasteiger partial charge on any atom is 0.416 e. The summed E-state index contributed by atoms with van der Waals surface area (Å²) in [6.07, 6.45) is -2.37. The summed E-state index contributed by atoms with van der Waals surface area (Å²) in [4.78, 5) is 15.6. The lowest BCUT2D eigenvalue weighted by Gasteiger charge is -2.36. The van der Waals surface area contributed by atoms with Crippen LogP contribution in [-0.4, -0.2) is 29.9 Å². The molecule has 7 heteroatoms. The van der Waals surface area contributed by atoms with Gasteiger partial charge in [0.15, 0.2) is 0 Å². The predicted octanol–water partition coefficient (Wildman–Crippen LogP) is 6.29. The molecule has 0 radical (unpaired) electrons. The summed E-state index contributed by atoms with van der Waals surface area (Å²) >= 11 is 0. The minimum atomic E-state index is -4.39. The van der Waals surface area contributed by atoms with Gasteiger partial charge in [0.1, 0.15) is 0 Å². The van der Waals surface area contributed by atoms with E-state index in [9.17, 15) is 18.0 Å². The zero-order valence-corrected chi connectivity index (χ0v) is 19.4. The average molecular weight is 479 g/mol. The number of alkyl halides is 3. The Morgan fingerprint density at radius 3 is 2.06 bits per heavy atom. The van der Waals surface area contributed by atoms with E-state index in [1.54, 1.807) is 22.9 Å². The van der Waals surface area contributed by atoms with Gasteiger partial charge in [0, 0.05) is 36.0 Å². The summed E-state index contributed by atoms with van der Waals surface area (Å²) in [5, 5.41) is 1.20. The molecule has 1 saturated heterocycles. The lowest BCUT2D eigenvalue weighted by molar-refractivity contribution is -0.137. The number of hydrogen-bond donors (Lipinski definition) is 0. The van der Waals surface area contributed by atoms with E-state index >= 15 is 0 Å². The summed E-state index contributed by atoms with van der Waals surface area (Å²) in [6, 6.07) is 20.0. The maximum atomic E-state index is 13.4. The summed E-state index contributed by atoms with van der Waals surface area (Å²) in [5.41, 5.74) is 2.28. The van der Waals surface area contributed by atoms with Gasteiger partial charge in [-0.15, -0.1) is 0 Å². The Bertz CT molecular complexity index is 1400. The standard InChI is InChI=1S/C28H25F3N2O2/c1-18-16-32(17-19(2)35-18)22-10-12-23(13-11-22)33-15-14-25-24(4-3-5-26(25)27(33)34)20-6-8-21(9-7-20)28(29,30)31/h3-15,18-19H,16-17H2,1-2H3/t18-,19+. The molecule has 2 atom stereocenters. The summed E-state index contributed by atoms with van der Waals surface area (Å²) in [5.74, 6) is 0. The number of anilines is 1. The second-order valence-corrected chi connectivity index (χ2v) is 9.01. The van der Waals surface area contributed by atoms with Crippen molar-refractivity contribution in [3.05, 3.63) is 94.9 Å². The fraction of sp³-hybridized carbons (Fsp3) is 0.250. The Balaban J connectivity index is 1.48. The summed E-state index contributed by atoms with van der Waals surface area (Å²) in [7, 11) is 0. The van der Waals surface area contributed by atoms with Crippen molar-refractivity contribution in [1.29, 1.82) is 0 Å². The number of fused-ring (bicyclic) bond motifs is 1. The number of nitrogens with zero attached hydrogens (tertiary/aromatic N) is 2. The van der Waals surface area contributed by atoms with Crippen LogP contribution in [0.5, 0.6) is 0 Å². The molecule has 0 amide bonds. The van der Waals surface area contributed by atoms with E-state index in [-0.39, 0.29) is 17.8 Å². The summed E-state index contributed by atoms with van der Waals surface area (Å²) in [6.45, 7) is 5.74. The van der Waals surface area contributed by atoms with Crippen molar-refractivity contribution in [2.45, 2.75) is 32.2 Å². The molecule has 0 N–H and O–H groups in total. The average Bonchev–Trinajstić information content (AvgIpc) is 2.83. The van der Waals surface area contributed by atoms with Crippen molar-refractivity contribution in [1.82, 2.24) is 4.57 Å². The van der Waals surface area contributed by atoms with Gasteiger partial charge in [-0.25, -0.2) is 0 Å². The van der Waals surface area contributed by atoms with Gasteiger partial charge in [-0.3, -0.25) is 9.36 Å². The van der Waals surface area contributed by atoms with Crippen LogP contribution in [-0.2, 0) is 10.9 Å². The van der Waals surface area contributed by atoms with Gasteiger partial charge in [0.2, 0.25) is 0 Å². The zero-order valence-electron chi connectivity index (χ0n) is 19.4. The number of rotatable bonds is 3. The maximum absolute atomic E-state index is 13.4. The number of hydrogen-bond acceptors (Lipinski definition) is 3. The third-order valence-corrected chi connectivity index (χ3v) is 6.38. The lowest BCUT2D eigenvalue weighted by atomic mass is 9.98. The van der Waals surface area contributed by atoms with E-state index in [2.05, 4.69) is 18.7 Å².